The molecule has 0 saturated heterocycles. The summed E-state index contributed by atoms with van der Waals surface area (Å²) in [5.74, 6) is 0.00230. The Balaban J connectivity index is 1.98. The Morgan fingerprint density at radius 1 is 1.23 bits per heavy atom. The number of hydrogen-bond acceptors (Lipinski definition) is 4. The maximum Gasteiger partial charge on any atom is 0.258 e. The van der Waals surface area contributed by atoms with E-state index in [1.165, 1.54) is 12.8 Å². The minimum Gasteiger partial charge on any atom is -0.397 e. The Labute approximate surface area is 130 Å². The highest BCUT2D eigenvalue weighted by Crippen LogP contribution is 2.32. The van der Waals surface area contributed by atoms with Gasteiger partial charge in [0.15, 0.2) is 5.65 Å². The molecule has 0 fully saturated rings. The number of rotatable bonds is 6. The molecule has 1 aliphatic rings. The van der Waals surface area contributed by atoms with Crippen LogP contribution in [0.1, 0.15) is 55.6 Å². The zero-order valence-corrected chi connectivity index (χ0v) is 13.3. The summed E-state index contributed by atoms with van der Waals surface area (Å²) in [5, 5.41) is 5.19. The maximum atomic E-state index is 12.4. The minimum atomic E-state index is 0.00230. The third-order valence-electron chi connectivity index (χ3n) is 4.21. The van der Waals surface area contributed by atoms with Gasteiger partial charge >= 0.3 is 0 Å². The molecular weight excluding hydrogens is 278 g/mol. The molecule has 2 N–H and O–H groups in total. The topological polar surface area (TPSA) is 77.0 Å². The number of aromatic nitrogens is 3. The van der Waals surface area contributed by atoms with Gasteiger partial charge < -0.3 is 10.6 Å². The van der Waals surface area contributed by atoms with Crippen molar-refractivity contribution in [2.24, 2.45) is 0 Å². The molecule has 1 aliphatic heterocycles. The molecule has 3 heterocycles. The number of carbonyl (C=O) groups is 1. The van der Waals surface area contributed by atoms with Gasteiger partial charge in [-0.05, 0) is 12.8 Å². The number of unbranched alkanes of at least 4 members (excludes halogenated alkanes) is 2. The molecule has 0 aliphatic carbocycles. The number of pyridine rings is 1. The zero-order chi connectivity index (χ0) is 15.7. The molecule has 0 radical (unpaired) electrons. The lowest BCUT2D eigenvalue weighted by Crippen LogP contribution is -2.24. The lowest BCUT2D eigenvalue weighted by molar-refractivity contribution is 0.0779. The highest BCUT2D eigenvalue weighted by Gasteiger charge is 2.32. The number of carbonyl (C=O) groups excluding carboxylic acids is 1. The van der Waals surface area contributed by atoms with E-state index in [0.29, 0.717) is 17.8 Å². The number of aryl methyl sites for hydroxylation is 1. The summed E-state index contributed by atoms with van der Waals surface area (Å²) in [7, 11) is 0. The summed E-state index contributed by atoms with van der Waals surface area (Å²) in [5.41, 5.74) is 8.95. The van der Waals surface area contributed by atoms with Gasteiger partial charge in [-0.25, -0.2) is 9.67 Å². The van der Waals surface area contributed by atoms with Crippen molar-refractivity contribution in [1.82, 2.24) is 19.7 Å². The van der Waals surface area contributed by atoms with E-state index in [2.05, 4.69) is 18.9 Å². The van der Waals surface area contributed by atoms with Crippen LogP contribution in [0, 0.1) is 0 Å². The monoisotopic (exact) mass is 301 g/mol. The molecule has 0 spiro atoms. The van der Waals surface area contributed by atoms with Gasteiger partial charge in [0.2, 0.25) is 0 Å². The zero-order valence-electron chi connectivity index (χ0n) is 13.3. The van der Waals surface area contributed by atoms with Gasteiger partial charge in [0.05, 0.1) is 35.1 Å². The molecule has 118 valence electrons. The number of nitrogen functional groups attached to an aromatic ring is 1. The number of nitrogens with two attached hydrogens (primary N) is 1. The number of anilines is 1. The predicted molar refractivity (Wildman–Crippen MR) is 86.5 cm³/mol. The first-order chi connectivity index (χ1) is 10.7. The Hall–Kier alpha value is -2.11. The molecular formula is C16H23N5O. The molecule has 0 atom stereocenters. The first-order valence-corrected chi connectivity index (χ1v) is 8.10. The molecule has 1 amide bonds. The van der Waals surface area contributed by atoms with E-state index < -0.39 is 0 Å². The summed E-state index contributed by atoms with van der Waals surface area (Å²) in [6, 6.07) is 0. The van der Waals surface area contributed by atoms with Crippen LogP contribution in [0.3, 0.4) is 0 Å². The smallest absolute Gasteiger partial charge is 0.258 e. The van der Waals surface area contributed by atoms with Crippen molar-refractivity contribution in [3.63, 3.8) is 0 Å². The van der Waals surface area contributed by atoms with E-state index in [1.54, 1.807) is 6.20 Å². The van der Waals surface area contributed by atoms with Crippen molar-refractivity contribution in [3.8, 4) is 0 Å². The molecule has 6 nitrogen and oxygen atoms in total. The molecule has 0 unspecified atom stereocenters. The van der Waals surface area contributed by atoms with Crippen molar-refractivity contribution in [2.45, 2.75) is 52.6 Å². The van der Waals surface area contributed by atoms with E-state index in [4.69, 9.17) is 10.7 Å². The van der Waals surface area contributed by atoms with Crippen LogP contribution in [0.15, 0.2) is 6.20 Å². The molecule has 3 rings (SSSR count). The highest BCUT2D eigenvalue weighted by atomic mass is 16.2. The van der Waals surface area contributed by atoms with Gasteiger partial charge in [0.25, 0.3) is 5.91 Å². The van der Waals surface area contributed by atoms with E-state index in [1.807, 2.05) is 9.58 Å². The molecule has 0 saturated carbocycles. The quantitative estimate of drug-likeness (QED) is 0.832. The largest absolute Gasteiger partial charge is 0.397 e. The van der Waals surface area contributed by atoms with Crippen LogP contribution < -0.4 is 5.73 Å². The fourth-order valence-corrected chi connectivity index (χ4v) is 3.05. The lowest BCUT2D eigenvalue weighted by Gasteiger charge is -2.13. The first kappa shape index (κ1) is 14.8. The predicted octanol–water partition coefficient (Wildman–Crippen LogP) is 2.57. The summed E-state index contributed by atoms with van der Waals surface area (Å²) >= 11 is 0. The van der Waals surface area contributed by atoms with Gasteiger partial charge in [-0.2, -0.15) is 5.10 Å². The second-order valence-electron chi connectivity index (χ2n) is 5.89. The van der Waals surface area contributed by atoms with Gasteiger partial charge in [-0.3, -0.25) is 4.79 Å². The van der Waals surface area contributed by atoms with E-state index in [-0.39, 0.29) is 5.91 Å². The number of amides is 1. The van der Waals surface area contributed by atoms with Crippen LogP contribution in [-0.2, 0) is 13.1 Å². The number of nitrogens with zero attached hydrogens (tertiary/aromatic N) is 4. The van der Waals surface area contributed by atoms with Crippen LogP contribution in [-0.4, -0.2) is 32.1 Å². The molecule has 2 aromatic heterocycles. The van der Waals surface area contributed by atoms with Crippen LogP contribution in [0.2, 0.25) is 0 Å². The van der Waals surface area contributed by atoms with Gasteiger partial charge in [-0.1, -0.05) is 26.7 Å². The van der Waals surface area contributed by atoms with Crippen LogP contribution in [0.4, 0.5) is 5.69 Å². The number of fused-ring (bicyclic) bond motifs is 2. The SMILES string of the molecule is CCCCCn1ncc2c(N)c3c(nc21)CN(CCC)C3=O. The van der Waals surface area contributed by atoms with Crippen molar-refractivity contribution in [1.29, 1.82) is 0 Å². The van der Waals surface area contributed by atoms with Gasteiger partial charge in [0.1, 0.15) is 0 Å². The Morgan fingerprint density at radius 2 is 2.05 bits per heavy atom. The van der Waals surface area contributed by atoms with E-state index in [0.717, 1.165) is 42.7 Å². The van der Waals surface area contributed by atoms with Gasteiger partial charge in [-0.15, -0.1) is 0 Å². The summed E-state index contributed by atoms with van der Waals surface area (Å²) in [4.78, 5) is 19.0. The molecule has 0 bridgehead atoms. The first-order valence-electron chi connectivity index (χ1n) is 8.10. The van der Waals surface area contributed by atoms with Crippen molar-refractivity contribution < 1.29 is 4.79 Å². The van der Waals surface area contributed by atoms with Crippen molar-refractivity contribution >= 4 is 22.6 Å². The summed E-state index contributed by atoms with van der Waals surface area (Å²) in [6.45, 7) is 6.39. The lowest BCUT2D eigenvalue weighted by atomic mass is 10.1. The van der Waals surface area contributed by atoms with Gasteiger partial charge in [0, 0.05) is 13.1 Å². The van der Waals surface area contributed by atoms with Crippen LogP contribution in [0.25, 0.3) is 11.0 Å². The average Bonchev–Trinajstić information content (AvgIpc) is 3.03. The Morgan fingerprint density at radius 3 is 2.77 bits per heavy atom. The minimum absolute atomic E-state index is 0.00230. The van der Waals surface area contributed by atoms with Crippen LogP contribution in [0.5, 0.6) is 0 Å². The van der Waals surface area contributed by atoms with E-state index >= 15 is 0 Å². The Bertz CT molecular complexity index is 706. The highest BCUT2D eigenvalue weighted by molar-refractivity contribution is 6.08. The molecule has 22 heavy (non-hydrogen) atoms. The Kier molecular flexibility index (Phi) is 4.00. The molecule has 0 aromatic carbocycles. The average molecular weight is 301 g/mol. The molecule has 2 aromatic rings. The maximum absolute atomic E-state index is 12.4. The number of hydrogen-bond donors (Lipinski definition) is 1. The van der Waals surface area contributed by atoms with Crippen LogP contribution >= 0.6 is 0 Å². The second-order valence-corrected chi connectivity index (χ2v) is 5.89. The summed E-state index contributed by atoms with van der Waals surface area (Å²) < 4.78 is 1.91. The van der Waals surface area contributed by atoms with E-state index in [9.17, 15) is 4.79 Å². The summed E-state index contributed by atoms with van der Waals surface area (Å²) in [6.07, 6.45) is 6.09. The fraction of sp³-hybridized carbons (Fsp3) is 0.562. The normalized spacial score (nSPS) is 14.1. The third kappa shape index (κ3) is 2.32. The van der Waals surface area contributed by atoms with Crippen molar-refractivity contribution in [3.05, 3.63) is 17.5 Å². The standard InChI is InChI=1S/C16H23N5O/c1-3-5-6-8-21-15-11(9-18-21)14(17)13-12(19-15)10-20(7-4-2)16(13)22/h9H,3-8,10H2,1-2H3,(H2,17,19). The third-order valence-corrected chi connectivity index (χ3v) is 4.21. The van der Waals surface area contributed by atoms with Crippen molar-refractivity contribution in [2.75, 3.05) is 12.3 Å². The fourth-order valence-electron chi connectivity index (χ4n) is 3.05. The second kappa shape index (κ2) is 5.94. The molecule has 6 heteroatoms.